The van der Waals surface area contributed by atoms with Crippen molar-refractivity contribution in [3.05, 3.63) is 48.3 Å². The molecule has 0 amide bonds. The van der Waals surface area contributed by atoms with E-state index in [-0.39, 0.29) is 0 Å². The van der Waals surface area contributed by atoms with Crippen LogP contribution in [0.4, 0.5) is 0 Å². The zero-order valence-corrected chi connectivity index (χ0v) is 19.2. The third-order valence-corrected chi connectivity index (χ3v) is 6.72. The van der Waals surface area contributed by atoms with E-state index < -0.39 is 0 Å². The van der Waals surface area contributed by atoms with E-state index in [4.69, 9.17) is 9.72 Å². The van der Waals surface area contributed by atoms with Crippen molar-refractivity contribution in [2.75, 3.05) is 6.61 Å². The summed E-state index contributed by atoms with van der Waals surface area (Å²) < 4.78 is 5.87. The summed E-state index contributed by atoms with van der Waals surface area (Å²) in [5, 5.41) is 0. The van der Waals surface area contributed by atoms with Crippen LogP contribution in [0.1, 0.15) is 103 Å². The summed E-state index contributed by atoms with van der Waals surface area (Å²) >= 11 is 0. The maximum atomic E-state index is 5.87. The first-order valence-electron chi connectivity index (χ1n) is 12.5. The summed E-state index contributed by atoms with van der Waals surface area (Å²) in [5.74, 6) is 2.58. The molecule has 2 heteroatoms. The first kappa shape index (κ1) is 22.8. The van der Waals surface area contributed by atoms with E-state index in [0.717, 1.165) is 24.7 Å². The summed E-state index contributed by atoms with van der Waals surface area (Å²) in [4.78, 5) is 4.85. The van der Waals surface area contributed by atoms with Crippen molar-refractivity contribution in [2.45, 2.75) is 96.8 Å². The van der Waals surface area contributed by atoms with Gasteiger partial charge in [-0.15, -0.1) is 0 Å². The topological polar surface area (TPSA) is 22.1 Å². The van der Waals surface area contributed by atoms with E-state index in [1.165, 1.54) is 87.4 Å². The lowest BCUT2D eigenvalue weighted by Gasteiger charge is -2.28. The summed E-state index contributed by atoms with van der Waals surface area (Å²) in [6, 6.07) is 13.0. The molecule has 0 saturated heterocycles. The lowest BCUT2D eigenvalue weighted by molar-refractivity contribution is 0.300. The van der Waals surface area contributed by atoms with Crippen LogP contribution in [0.2, 0.25) is 0 Å². The van der Waals surface area contributed by atoms with Gasteiger partial charge in [0.05, 0.1) is 6.61 Å². The summed E-state index contributed by atoms with van der Waals surface area (Å²) in [5.41, 5.74) is 3.70. The molecular weight excluding hydrogens is 366 g/mol. The van der Waals surface area contributed by atoms with Gasteiger partial charge in [-0.2, -0.15) is 0 Å². The largest absolute Gasteiger partial charge is 0.494 e. The lowest BCUT2D eigenvalue weighted by atomic mass is 9.78. The van der Waals surface area contributed by atoms with E-state index in [1.807, 2.05) is 0 Å². The van der Waals surface area contributed by atoms with Crippen LogP contribution in [0.3, 0.4) is 0 Å². The van der Waals surface area contributed by atoms with Gasteiger partial charge >= 0.3 is 0 Å². The Labute approximate surface area is 184 Å². The average Bonchev–Trinajstić information content (AvgIpc) is 2.80. The van der Waals surface area contributed by atoms with E-state index >= 15 is 0 Å². The van der Waals surface area contributed by atoms with Crippen molar-refractivity contribution < 1.29 is 4.74 Å². The van der Waals surface area contributed by atoms with Gasteiger partial charge < -0.3 is 4.74 Å². The molecule has 1 saturated carbocycles. The molecule has 3 rings (SSSR count). The van der Waals surface area contributed by atoms with E-state index in [2.05, 4.69) is 56.4 Å². The second kappa shape index (κ2) is 12.8. The summed E-state index contributed by atoms with van der Waals surface area (Å²) in [6.07, 6.45) is 18.0. The van der Waals surface area contributed by atoms with Crippen molar-refractivity contribution >= 4 is 0 Å². The Hall–Kier alpha value is -1.83. The molecule has 0 N–H and O–H groups in total. The first-order valence-corrected chi connectivity index (χ1v) is 12.5. The van der Waals surface area contributed by atoms with Gasteiger partial charge in [0, 0.05) is 23.4 Å². The van der Waals surface area contributed by atoms with Gasteiger partial charge in [-0.3, -0.25) is 4.98 Å². The fraction of sp³-hybridized carbons (Fsp3) is 0.607. The van der Waals surface area contributed by atoms with Gasteiger partial charge in [0.15, 0.2) is 0 Å². The van der Waals surface area contributed by atoms with Crippen LogP contribution in [0.15, 0.2) is 42.6 Å². The molecule has 164 valence electrons. The van der Waals surface area contributed by atoms with Gasteiger partial charge in [-0.1, -0.05) is 77.0 Å². The van der Waals surface area contributed by atoms with E-state index in [0.29, 0.717) is 5.92 Å². The molecule has 0 atom stereocenters. The Morgan fingerprint density at radius 2 is 1.47 bits per heavy atom. The number of benzene rings is 1. The highest BCUT2D eigenvalue weighted by molar-refractivity contribution is 5.63. The Balaban J connectivity index is 1.46. The number of hydrogen-bond acceptors (Lipinski definition) is 2. The third-order valence-electron chi connectivity index (χ3n) is 6.72. The molecule has 30 heavy (non-hydrogen) atoms. The molecule has 1 aliphatic carbocycles. The molecule has 1 aliphatic rings. The van der Waals surface area contributed by atoms with Gasteiger partial charge in [0.1, 0.15) is 5.75 Å². The predicted molar refractivity (Wildman–Crippen MR) is 128 cm³/mol. The van der Waals surface area contributed by atoms with Gasteiger partial charge in [-0.05, 0) is 61.8 Å². The molecule has 0 unspecified atom stereocenters. The van der Waals surface area contributed by atoms with Gasteiger partial charge in [0.25, 0.3) is 0 Å². The number of rotatable bonds is 12. The molecule has 1 aromatic heterocycles. The van der Waals surface area contributed by atoms with Crippen molar-refractivity contribution in [2.24, 2.45) is 5.92 Å². The predicted octanol–water partition coefficient (Wildman–Crippen LogP) is 8.56. The van der Waals surface area contributed by atoms with Crippen LogP contribution in [0.25, 0.3) is 11.1 Å². The van der Waals surface area contributed by atoms with E-state index in [9.17, 15) is 0 Å². The van der Waals surface area contributed by atoms with E-state index in [1.54, 1.807) is 0 Å². The summed E-state index contributed by atoms with van der Waals surface area (Å²) in [6.45, 7) is 5.35. The molecule has 0 spiro atoms. The number of ether oxygens (including phenoxy) is 1. The van der Waals surface area contributed by atoms with Crippen LogP contribution >= 0.6 is 0 Å². The SMILES string of the molecule is CCCCCCOc1ccc(-c2ccc([C@H]3CC[C@H](CCCCC)CC3)nc2)cc1. The fourth-order valence-corrected chi connectivity index (χ4v) is 4.71. The lowest BCUT2D eigenvalue weighted by Crippen LogP contribution is -2.14. The molecule has 1 heterocycles. The average molecular weight is 408 g/mol. The Bertz CT molecular complexity index is 698. The zero-order valence-electron chi connectivity index (χ0n) is 19.2. The van der Waals surface area contributed by atoms with Crippen molar-refractivity contribution in [1.29, 1.82) is 0 Å². The van der Waals surface area contributed by atoms with Crippen molar-refractivity contribution in [3.8, 4) is 16.9 Å². The zero-order chi connectivity index (χ0) is 21.0. The van der Waals surface area contributed by atoms with Gasteiger partial charge in [-0.25, -0.2) is 0 Å². The highest BCUT2D eigenvalue weighted by Gasteiger charge is 2.22. The number of nitrogens with zero attached hydrogens (tertiary/aromatic N) is 1. The molecule has 2 nitrogen and oxygen atoms in total. The molecule has 1 fully saturated rings. The van der Waals surface area contributed by atoms with Gasteiger partial charge in [0.2, 0.25) is 0 Å². The monoisotopic (exact) mass is 407 g/mol. The minimum atomic E-state index is 0.657. The van der Waals surface area contributed by atoms with Crippen LogP contribution in [-0.4, -0.2) is 11.6 Å². The number of aromatic nitrogens is 1. The standard InChI is InChI=1S/C28H41NO/c1-3-5-7-9-21-30-27-18-15-24(16-19-27)26-17-20-28(29-22-26)25-13-11-23(12-14-25)10-8-6-4-2/h15-20,22-23,25H,3-14,21H2,1-2H3/t23-,25-. The van der Waals surface area contributed by atoms with Crippen LogP contribution in [-0.2, 0) is 0 Å². The van der Waals surface area contributed by atoms with Crippen molar-refractivity contribution in [1.82, 2.24) is 4.98 Å². The molecule has 0 bridgehead atoms. The minimum Gasteiger partial charge on any atom is -0.494 e. The fourth-order valence-electron chi connectivity index (χ4n) is 4.71. The second-order valence-electron chi connectivity index (χ2n) is 9.12. The maximum absolute atomic E-state index is 5.87. The molecule has 1 aromatic carbocycles. The normalized spacial score (nSPS) is 19.0. The first-order chi connectivity index (χ1) is 14.8. The third kappa shape index (κ3) is 7.15. The van der Waals surface area contributed by atoms with Crippen LogP contribution in [0, 0.1) is 5.92 Å². The van der Waals surface area contributed by atoms with Crippen LogP contribution in [0.5, 0.6) is 5.75 Å². The molecule has 0 radical (unpaired) electrons. The smallest absolute Gasteiger partial charge is 0.119 e. The number of hydrogen-bond donors (Lipinski definition) is 0. The quantitative estimate of drug-likeness (QED) is 0.329. The Kier molecular flexibility index (Phi) is 9.73. The Morgan fingerprint density at radius 3 is 2.13 bits per heavy atom. The van der Waals surface area contributed by atoms with Crippen LogP contribution < -0.4 is 4.74 Å². The number of unbranched alkanes of at least 4 members (excludes halogenated alkanes) is 5. The Morgan fingerprint density at radius 1 is 0.767 bits per heavy atom. The van der Waals surface area contributed by atoms with Crippen molar-refractivity contribution in [3.63, 3.8) is 0 Å². The molecule has 2 aromatic rings. The summed E-state index contributed by atoms with van der Waals surface area (Å²) in [7, 11) is 0. The maximum Gasteiger partial charge on any atom is 0.119 e. The molecule has 0 aliphatic heterocycles. The molecular formula is C28H41NO. The highest BCUT2D eigenvalue weighted by atomic mass is 16.5. The second-order valence-corrected chi connectivity index (χ2v) is 9.12. The highest BCUT2D eigenvalue weighted by Crippen LogP contribution is 2.37. The number of pyridine rings is 1. The minimum absolute atomic E-state index is 0.657.